The lowest BCUT2D eigenvalue weighted by Crippen LogP contribution is -2.29. The van der Waals surface area contributed by atoms with Gasteiger partial charge in [-0.15, -0.1) is 0 Å². The highest BCUT2D eigenvalue weighted by Gasteiger charge is 2.07. The maximum Gasteiger partial charge on any atom is 0.325 e. The first-order valence-electron chi connectivity index (χ1n) is 4.04. The van der Waals surface area contributed by atoms with Crippen molar-refractivity contribution in [2.45, 2.75) is 11.8 Å². The maximum atomic E-state index is 10.9. The lowest BCUT2D eigenvalue weighted by molar-refractivity contribution is 0.236. The number of primary amides is 1. The van der Waals surface area contributed by atoms with Gasteiger partial charge in [0.1, 0.15) is 0 Å². The molecule has 3 nitrogen and oxygen atoms in total. The van der Waals surface area contributed by atoms with Crippen molar-refractivity contribution in [3.8, 4) is 0 Å². The van der Waals surface area contributed by atoms with E-state index in [-0.39, 0.29) is 0 Å². The Balaban J connectivity index is 2.62. The van der Waals surface area contributed by atoms with Gasteiger partial charge in [0.2, 0.25) is 0 Å². The number of nitrogens with two attached hydrogens (primary N) is 1. The number of carbonyl (C=O) groups is 1. The molecule has 0 aromatic heterocycles. The molecular weight excluding hydrogens is 184 g/mol. The van der Waals surface area contributed by atoms with Crippen molar-refractivity contribution in [2.75, 3.05) is 6.54 Å². The Bertz CT molecular complexity index is 276. The van der Waals surface area contributed by atoms with Crippen LogP contribution in [0, 0.1) is 0 Å². The third-order valence-electron chi connectivity index (χ3n) is 1.49. The number of amides is 2. The van der Waals surface area contributed by atoms with E-state index in [9.17, 15) is 4.79 Å². The van der Waals surface area contributed by atoms with Crippen LogP contribution in [0.1, 0.15) is 6.92 Å². The van der Waals surface area contributed by atoms with Crippen molar-refractivity contribution in [2.24, 2.45) is 5.73 Å². The molecule has 1 rings (SSSR count). The number of urea groups is 1. The van der Waals surface area contributed by atoms with E-state index >= 15 is 0 Å². The molecule has 70 valence electrons. The van der Waals surface area contributed by atoms with Crippen LogP contribution in [0.5, 0.6) is 0 Å². The first kappa shape index (κ1) is 9.92. The van der Waals surface area contributed by atoms with E-state index in [1.54, 1.807) is 0 Å². The van der Waals surface area contributed by atoms with Gasteiger partial charge in [-0.1, -0.05) is 18.2 Å². The van der Waals surface area contributed by atoms with Gasteiger partial charge in [-0.25, -0.2) is 4.79 Å². The number of hydrogen-bond acceptors (Lipinski definition) is 2. The molecule has 0 fully saturated rings. The zero-order valence-electron chi connectivity index (χ0n) is 7.43. The fourth-order valence-corrected chi connectivity index (χ4v) is 1.63. The number of hydrogen-bond donors (Lipinski definition) is 1. The molecule has 0 atom stereocenters. The summed E-state index contributed by atoms with van der Waals surface area (Å²) in [5.41, 5.74) is 5.16. The summed E-state index contributed by atoms with van der Waals surface area (Å²) in [4.78, 5) is 11.9. The third kappa shape index (κ3) is 2.99. The molecule has 13 heavy (non-hydrogen) atoms. The lowest BCUT2D eigenvalue weighted by atomic mass is 10.4. The summed E-state index contributed by atoms with van der Waals surface area (Å²) in [5.74, 6) is 0. The van der Waals surface area contributed by atoms with Crippen LogP contribution in [0.2, 0.25) is 0 Å². The zero-order chi connectivity index (χ0) is 9.68. The molecule has 0 bridgehead atoms. The minimum Gasteiger partial charge on any atom is -0.351 e. The van der Waals surface area contributed by atoms with Crippen LogP contribution in [0.3, 0.4) is 0 Å². The van der Waals surface area contributed by atoms with E-state index in [2.05, 4.69) is 0 Å². The van der Waals surface area contributed by atoms with E-state index < -0.39 is 6.03 Å². The topological polar surface area (TPSA) is 46.3 Å². The van der Waals surface area contributed by atoms with Crippen molar-refractivity contribution < 1.29 is 4.79 Å². The van der Waals surface area contributed by atoms with Gasteiger partial charge < -0.3 is 5.73 Å². The fourth-order valence-electron chi connectivity index (χ4n) is 0.874. The van der Waals surface area contributed by atoms with E-state index in [1.165, 1.54) is 16.3 Å². The van der Waals surface area contributed by atoms with Crippen LogP contribution in [-0.4, -0.2) is 16.9 Å². The summed E-state index contributed by atoms with van der Waals surface area (Å²) in [6.45, 7) is 2.50. The second kappa shape index (κ2) is 4.77. The molecule has 0 saturated carbocycles. The SMILES string of the molecule is CCN(Sc1ccccc1)C(N)=O. The van der Waals surface area contributed by atoms with Gasteiger partial charge in [0.25, 0.3) is 0 Å². The highest BCUT2D eigenvalue weighted by Crippen LogP contribution is 2.20. The van der Waals surface area contributed by atoms with Crippen LogP contribution in [0.15, 0.2) is 35.2 Å². The van der Waals surface area contributed by atoms with Gasteiger partial charge >= 0.3 is 6.03 Å². The molecule has 0 aliphatic carbocycles. The second-order valence-electron chi connectivity index (χ2n) is 2.44. The number of nitrogens with zero attached hydrogens (tertiary/aromatic N) is 1. The molecular formula is C9H12N2OS. The maximum absolute atomic E-state index is 10.9. The Hall–Kier alpha value is -1.16. The van der Waals surface area contributed by atoms with Crippen molar-refractivity contribution in [1.29, 1.82) is 0 Å². The van der Waals surface area contributed by atoms with Crippen LogP contribution in [-0.2, 0) is 0 Å². The van der Waals surface area contributed by atoms with Gasteiger partial charge in [-0.2, -0.15) is 0 Å². The van der Waals surface area contributed by atoms with E-state index in [0.29, 0.717) is 6.54 Å². The van der Waals surface area contributed by atoms with Crippen molar-refractivity contribution in [1.82, 2.24) is 4.31 Å². The molecule has 0 radical (unpaired) electrons. The van der Waals surface area contributed by atoms with Gasteiger partial charge in [0.05, 0.1) is 0 Å². The molecule has 4 heteroatoms. The normalized spacial score (nSPS) is 9.62. The summed E-state index contributed by atoms with van der Waals surface area (Å²) in [7, 11) is 0. The Morgan fingerprint density at radius 2 is 2.08 bits per heavy atom. The third-order valence-corrected chi connectivity index (χ3v) is 2.63. The van der Waals surface area contributed by atoms with Crippen molar-refractivity contribution in [3.05, 3.63) is 30.3 Å². The lowest BCUT2D eigenvalue weighted by Gasteiger charge is -2.15. The largest absolute Gasteiger partial charge is 0.351 e. The molecule has 0 spiro atoms. The van der Waals surface area contributed by atoms with E-state index in [4.69, 9.17) is 5.73 Å². The van der Waals surface area contributed by atoms with E-state index in [1.807, 2.05) is 37.3 Å². The van der Waals surface area contributed by atoms with Crippen molar-refractivity contribution >= 4 is 18.0 Å². The summed E-state index contributed by atoms with van der Waals surface area (Å²) < 4.78 is 1.51. The zero-order valence-corrected chi connectivity index (χ0v) is 8.25. The van der Waals surface area contributed by atoms with Gasteiger partial charge in [0, 0.05) is 11.4 Å². The van der Waals surface area contributed by atoms with Crippen LogP contribution in [0.25, 0.3) is 0 Å². The molecule has 0 aliphatic rings. The molecule has 0 heterocycles. The van der Waals surface area contributed by atoms with Gasteiger partial charge in [0.15, 0.2) is 0 Å². The fraction of sp³-hybridized carbons (Fsp3) is 0.222. The Morgan fingerprint density at radius 3 is 2.54 bits per heavy atom. The summed E-state index contributed by atoms with van der Waals surface area (Å²) >= 11 is 1.36. The number of carbonyl (C=O) groups excluding carboxylic acids is 1. The molecule has 1 aromatic rings. The summed E-state index contributed by atoms with van der Waals surface area (Å²) in [5, 5.41) is 0. The molecule has 2 amide bonds. The standard InChI is InChI=1S/C9H12N2OS/c1-2-11(9(10)12)13-8-6-4-3-5-7-8/h3-7H,2H2,1H3,(H2,10,12). The monoisotopic (exact) mass is 196 g/mol. The molecule has 1 aromatic carbocycles. The predicted molar refractivity (Wildman–Crippen MR) is 54.3 cm³/mol. The average molecular weight is 196 g/mol. The smallest absolute Gasteiger partial charge is 0.325 e. The summed E-state index contributed by atoms with van der Waals surface area (Å²) in [6, 6.07) is 9.27. The first-order chi connectivity index (χ1) is 6.24. The minimum absolute atomic E-state index is 0.406. The van der Waals surface area contributed by atoms with E-state index in [0.717, 1.165) is 4.90 Å². The van der Waals surface area contributed by atoms with Gasteiger partial charge in [-0.05, 0) is 31.0 Å². The average Bonchev–Trinajstić information content (AvgIpc) is 2.15. The van der Waals surface area contributed by atoms with Crippen LogP contribution in [0.4, 0.5) is 4.79 Å². The Labute approximate surface area is 82.0 Å². The molecule has 0 saturated heterocycles. The quantitative estimate of drug-likeness (QED) is 0.752. The van der Waals surface area contributed by atoms with Gasteiger partial charge in [-0.3, -0.25) is 4.31 Å². The van der Waals surface area contributed by atoms with Crippen LogP contribution >= 0.6 is 11.9 Å². The molecule has 2 N–H and O–H groups in total. The molecule has 0 aliphatic heterocycles. The first-order valence-corrected chi connectivity index (χ1v) is 4.81. The van der Waals surface area contributed by atoms with Crippen LogP contribution < -0.4 is 5.73 Å². The predicted octanol–water partition coefficient (Wildman–Crippen LogP) is 2.09. The van der Waals surface area contributed by atoms with Crippen molar-refractivity contribution in [3.63, 3.8) is 0 Å². The highest BCUT2D eigenvalue weighted by atomic mass is 32.2. The summed E-state index contributed by atoms with van der Waals surface area (Å²) in [6.07, 6.45) is 0. The highest BCUT2D eigenvalue weighted by molar-refractivity contribution is 7.97. The second-order valence-corrected chi connectivity index (χ2v) is 3.53. The minimum atomic E-state index is -0.406. The number of rotatable bonds is 3. The number of benzene rings is 1. The Morgan fingerprint density at radius 1 is 1.46 bits per heavy atom. The Kier molecular flexibility index (Phi) is 3.64. The molecule has 0 unspecified atom stereocenters.